The normalized spacial score (nSPS) is 12.2. The molecule has 0 bridgehead atoms. The van der Waals surface area contributed by atoms with E-state index in [1.54, 1.807) is 0 Å². The second-order valence-electron chi connectivity index (χ2n) is 2.32. The van der Waals surface area contributed by atoms with Crippen LogP contribution in [0.25, 0.3) is 0 Å². The van der Waals surface area contributed by atoms with E-state index < -0.39 is 6.10 Å². The first kappa shape index (κ1) is 9.91. The lowest BCUT2D eigenvalue weighted by Gasteiger charge is -2.06. The van der Waals surface area contributed by atoms with Crippen LogP contribution in [0.15, 0.2) is 12.3 Å². The molecule has 1 aromatic rings. The van der Waals surface area contributed by atoms with Gasteiger partial charge in [0.1, 0.15) is 6.10 Å². The van der Waals surface area contributed by atoms with E-state index in [0.717, 1.165) is 0 Å². The Bertz CT molecular complexity index is 319. The molecule has 5 nitrogen and oxygen atoms in total. The number of aldehydes is 1. The molecule has 0 radical (unpaired) electrons. The van der Waals surface area contributed by atoms with Crippen LogP contribution in [0, 0.1) is 0 Å². The molecular formula is C7H8ClN3O2. The van der Waals surface area contributed by atoms with Crippen molar-refractivity contribution in [3.8, 4) is 0 Å². The zero-order chi connectivity index (χ0) is 9.84. The molecule has 0 fully saturated rings. The Kier molecular flexibility index (Phi) is 3.18. The van der Waals surface area contributed by atoms with Gasteiger partial charge in [0.2, 0.25) is 0 Å². The van der Waals surface area contributed by atoms with Gasteiger partial charge in [-0.15, -0.1) is 0 Å². The van der Waals surface area contributed by atoms with Crippen molar-refractivity contribution in [3.05, 3.63) is 22.8 Å². The number of aliphatic hydroxyl groups excluding tert-OH is 1. The largest absolute Gasteiger partial charge is 0.381 e. The molecule has 0 aliphatic heterocycles. The monoisotopic (exact) mass is 201 g/mol. The summed E-state index contributed by atoms with van der Waals surface area (Å²) in [6.45, 7) is 0. The van der Waals surface area contributed by atoms with E-state index in [9.17, 15) is 4.79 Å². The number of rotatable bonds is 3. The summed E-state index contributed by atoms with van der Waals surface area (Å²) in [6, 6.07) is 1.42. The number of nitrogens with two attached hydrogens (primary N) is 1. The lowest BCUT2D eigenvalue weighted by atomic mass is 10.2. The van der Waals surface area contributed by atoms with Gasteiger partial charge in [0.25, 0.3) is 0 Å². The highest BCUT2D eigenvalue weighted by molar-refractivity contribution is 6.32. The van der Waals surface area contributed by atoms with Gasteiger partial charge in [-0.25, -0.2) is 10.8 Å². The molecule has 4 N–H and O–H groups in total. The highest BCUT2D eigenvalue weighted by atomic mass is 35.5. The number of aromatic nitrogens is 1. The number of hydrazine groups is 1. The third-order valence-electron chi connectivity index (χ3n) is 1.47. The quantitative estimate of drug-likeness (QED) is 0.371. The fourth-order valence-electron chi connectivity index (χ4n) is 0.799. The molecule has 0 amide bonds. The number of anilines is 1. The SMILES string of the molecule is NNc1ncc(C(O)C=O)cc1Cl. The molecule has 0 saturated carbocycles. The van der Waals surface area contributed by atoms with E-state index in [4.69, 9.17) is 22.6 Å². The molecule has 0 aliphatic carbocycles. The van der Waals surface area contributed by atoms with Crippen LogP contribution in [0.1, 0.15) is 11.7 Å². The Morgan fingerprint density at radius 3 is 2.92 bits per heavy atom. The van der Waals surface area contributed by atoms with Gasteiger partial charge in [0, 0.05) is 11.8 Å². The van der Waals surface area contributed by atoms with Crippen LogP contribution in [0.4, 0.5) is 5.82 Å². The van der Waals surface area contributed by atoms with Gasteiger partial charge in [0.05, 0.1) is 5.02 Å². The minimum atomic E-state index is -1.20. The van der Waals surface area contributed by atoms with Crippen molar-refractivity contribution >= 4 is 23.7 Å². The molecule has 6 heteroatoms. The number of halogens is 1. The molecule has 1 rings (SSSR count). The number of carbonyl (C=O) groups excluding carboxylic acids is 1. The molecule has 13 heavy (non-hydrogen) atoms. The summed E-state index contributed by atoms with van der Waals surface area (Å²) in [5, 5.41) is 9.35. The summed E-state index contributed by atoms with van der Waals surface area (Å²) < 4.78 is 0. The molecule has 0 saturated heterocycles. The van der Waals surface area contributed by atoms with Crippen molar-refractivity contribution < 1.29 is 9.90 Å². The lowest BCUT2D eigenvalue weighted by Crippen LogP contribution is -2.10. The first-order valence-corrected chi connectivity index (χ1v) is 3.82. The van der Waals surface area contributed by atoms with Crippen molar-refractivity contribution in [2.45, 2.75) is 6.10 Å². The fraction of sp³-hybridized carbons (Fsp3) is 0.143. The second-order valence-corrected chi connectivity index (χ2v) is 2.73. The van der Waals surface area contributed by atoms with Gasteiger partial charge in [-0.3, -0.25) is 0 Å². The molecule has 0 aliphatic rings. The molecule has 70 valence electrons. The van der Waals surface area contributed by atoms with E-state index in [-0.39, 0.29) is 5.02 Å². The number of carbonyl (C=O) groups is 1. The Hall–Kier alpha value is -1.17. The number of hydrogen-bond donors (Lipinski definition) is 3. The first-order chi connectivity index (χ1) is 6.19. The van der Waals surface area contributed by atoms with Crippen LogP contribution >= 0.6 is 11.6 Å². The summed E-state index contributed by atoms with van der Waals surface area (Å²) in [4.78, 5) is 14.0. The molecule has 1 aromatic heterocycles. The maximum atomic E-state index is 10.2. The Morgan fingerprint density at radius 2 is 2.46 bits per heavy atom. The van der Waals surface area contributed by atoms with Gasteiger partial charge < -0.3 is 15.3 Å². The van der Waals surface area contributed by atoms with Crippen LogP contribution in [0.2, 0.25) is 5.02 Å². The molecule has 1 heterocycles. The summed E-state index contributed by atoms with van der Waals surface area (Å²) in [5.74, 6) is 5.38. The topological polar surface area (TPSA) is 88.2 Å². The van der Waals surface area contributed by atoms with Crippen molar-refractivity contribution in [2.75, 3.05) is 5.43 Å². The van der Waals surface area contributed by atoms with Crippen molar-refractivity contribution in [1.82, 2.24) is 4.98 Å². The molecule has 1 atom stereocenters. The van der Waals surface area contributed by atoms with Crippen LogP contribution in [0.5, 0.6) is 0 Å². The Labute approximate surface area is 79.5 Å². The Balaban J connectivity index is 3.02. The predicted molar refractivity (Wildman–Crippen MR) is 48.1 cm³/mol. The van der Waals surface area contributed by atoms with Gasteiger partial charge in [-0.2, -0.15) is 0 Å². The van der Waals surface area contributed by atoms with Crippen LogP contribution in [-0.2, 0) is 4.79 Å². The standard InChI is InChI=1S/C7H8ClN3O2/c8-5-1-4(6(13)3-12)2-10-7(5)11-9/h1-3,6,13H,9H2,(H,10,11). The number of nitrogens with zero attached hydrogens (tertiary/aromatic N) is 1. The minimum absolute atomic E-state index is 0.251. The maximum Gasteiger partial charge on any atom is 0.158 e. The Morgan fingerprint density at radius 1 is 1.77 bits per heavy atom. The van der Waals surface area contributed by atoms with Crippen LogP contribution in [-0.4, -0.2) is 16.4 Å². The minimum Gasteiger partial charge on any atom is -0.381 e. The summed E-state index contributed by atoms with van der Waals surface area (Å²) in [7, 11) is 0. The van der Waals surface area contributed by atoms with E-state index >= 15 is 0 Å². The highest BCUT2D eigenvalue weighted by Crippen LogP contribution is 2.21. The zero-order valence-corrected chi connectivity index (χ0v) is 7.32. The van der Waals surface area contributed by atoms with E-state index in [1.165, 1.54) is 12.3 Å². The van der Waals surface area contributed by atoms with Gasteiger partial charge >= 0.3 is 0 Å². The molecular weight excluding hydrogens is 194 g/mol. The van der Waals surface area contributed by atoms with E-state index in [1.807, 2.05) is 0 Å². The third-order valence-corrected chi connectivity index (χ3v) is 1.76. The second kappa shape index (κ2) is 4.18. The van der Waals surface area contributed by atoms with Crippen molar-refractivity contribution in [2.24, 2.45) is 5.84 Å². The lowest BCUT2D eigenvalue weighted by molar-refractivity contribution is -0.115. The number of aliphatic hydroxyl groups is 1. The average Bonchev–Trinajstić information content (AvgIpc) is 2.16. The van der Waals surface area contributed by atoms with Crippen LogP contribution in [0.3, 0.4) is 0 Å². The van der Waals surface area contributed by atoms with Crippen molar-refractivity contribution in [1.29, 1.82) is 0 Å². The van der Waals surface area contributed by atoms with Crippen molar-refractivity contribution in [3.63, 3.8) is 0 Å². The summed E-state index contributed by atoms with van der Waals surface area (Å²) in [6.07, 6.45) is 0.514. The average molecular weight is 202 g/mol. The van der Waals surface area contributed by atoms with E-state index in [2.05, 4.69) is 10.4 Å². The number of pyridine rings is 1. The van der Waals surface area contributed by atoms with Gasteiger partial charge in [-0.05, 0) is 6.07 Å². The first-order valence-electron chi connectivity index (χ1n) is 3.44. The summed E-state index contributed by atoms with van der Waals surface area (Å²) >= 11 is 5.70. The predicted octanol–water partition coefficient (Wildman–Crippen LogP) is 0.253. The summed E-state index contributed by atoms with van der Waals surface area (Å²) in [5.41, 5.74) is 2.60. The van der Waals surface area contributed by atoms with Gasteiger partial charge in [-0.1, -0.05) is 11.6 Å². The van der Waals surface area contributed by atoms with Gasteiger partial charge in [0.15, 0.2) is 12.1 Å². The highest BCUT2D eigenvalue weighted by Gasteiger charge is 2.08. The maximum absolute atomic E-state index is 10.2. The number of hydrogen-bond acceptors (Lipinski definition) is 5. The fourth-order valence-corrected chi connectivity index (χ4v) is 1.03. The smallest absolute Gasteiger partial charge is 0.158 e. The number of nitrogen functional groups attached to an aromatic ring is 1. The molecule has 0 spiro atoms. The third kappa shape index (κ3) is 2.15. The van der Waals surface area contributed by atoms with E-state index in [0.29, 0.717) is 17.7 Å². The van der Waals surface area contributed by atoms with Crippen LogP contribution < -0.4 is 11.3 Å². The molecule has 1 unspecified atom stereocenters. The zero-order valence-electron chi connectivity index (χ0n) is 6.57. The molecule has 0 aromatic carbocycles. The number of nitrogens with one attached hydrogen (secondary N) is 1.